The second-order valence-electron chi connectivity index (χ2n) is 8.05. The van der Waals surface area contributed by atoms with Gasteiger partial charge >= 0.3 is 0 Å². The van der Waals surface area contributed by atoms with Gasteiger partial charge in [-0.25, -0.2) is 0 Å². The summed E-state index contributed by atoms with van der Waals surface area (Å²) in [5.74, 6) is 6.34. The van der Waals surface area contributed by atoms with Crippen molar-refractivity contribution in [1.82, 2.24) is 0 Å². The van der Waals surface area contributed by atoms with Crippen molar-refractivity contribution in [1.29, 1.82) is 0 Å². The van der Waals surface area contributed by atoms with Crippen molar-refractivity contribution in [3.05, 3.63) is 35.4 Å². The standard InChI is InChI=1S/C20H31NO/c1-18(2,3)20(22,19(4,5)6)13-12-17-10-7-9-16(15-17)11-8-14-21/h7,9-10,15,22H,8,11,14,21H2,1-6H3. The van der Waals surface area contributed by atoms with Crippen LogP contribution in [0.1, 0.15) is 59.1 Å². The predicted octanol–water partition coefficient (Wildman–Crippen LogP) is 3.75. The normalized spacial score (nSPS) is 12.7. The van der Waals surface area contributed by atoms with E-state index in [-0.39, 0.29) is 10.8 Å². The molecular weight excluding hydrogens is 270 g/mol. The monoisotopic (exact) mass is 301 g/mol. The minimum Gasteiger partial charge on any atom is -0.376 e. The maximum Gasteiger partial charge on any atom is 0.135 e. The lowest BCUT2D eigenvalue weighted by atomic mass is 9.63. The first-order valence-corrected chi connectivity index (χ1v) is 8.06. The van der Waals surface area contributed by atoms with Crippen molar-refractivity contribution in [2.24, 2.45) is 16.6 Å². The number of hydrogen-bond acceptors (Lipinski definition) is 2. The van der Waals surface area contributed by atoms with Gasteiger partial charge in [-0.3, -0.25) is 0 Å². The molecule has 0 saturated carbocycles. The lowest BCUT2D eigenvalue weighted by Gasteiger charge is -2.45. The van der Waals surface area contributed by atoms with Gasteiger partial charge in [-0.15, -0.1) is 0 Å². The molecule has 0 unspecified atom stereocenters. The fourth-order valence-corrected chi connectivity index (χ4v) is 2.77. The van der Waals surface area contributed by atoms with Crippen LogP contribution in [0.3, 0.4) is 0 Å². The first-order chi connectivity index (χ1) is 10.0. The van der Waals surface area contributed by atoms with Crippen LogP contribution in [-0.4, -0.2) is 17.3 Å². The number of benzene rings is 1. The third kappa shape index (κ3) is 4.35. The second kappa shape index (κ2) is 6.86. The number of rotatable bonds is 3. The van der Waals surface area contributed by atoms with E-state index in [0.717, 1.165) is 18.4 Å². The first kappa shape index (κ1) is 18.7. The third-order valence-electron chi connectivity index (χ3n) is 4.16. The summed E-state index contributed by atoms with van der Waals surface area (Å²) in [4.78, 5) is 0. The first-order valence-electron chi connectivity index (χ1n) is 8.06. The molecule has 3 N–H and O–H groups in total. The van der Waals surface area contributed by atoms with Crippen molar-refractivity contribution in [2.45, 2.75) is 60.0 Å². The van der Waals surface area contributed by atoms with E-state index < -0.39 is 5.60 Å². The van der Waals surface area contributed by atoms with Gasteiger partial charge in [0.25, 0.3) is 0 Å². The summed E-state index contributed by atoms with van der Waals surface area (Å²) in [5, 5.41) is 11.2. The third-order valence-corrected chi connectivity index (χ3v) is 4.16. The van der Waals surface area contributed by atoms with Gasteiger partial charge < -0.3 is 10.8 Å². The van der Waals surface area contributed by atoms with Crippen LogP contribution in [0.5, 0.6) is 0 Å². The lowest BCUT2D eigenvalue weighted by molar-refractivity contribution is -0.0875. The van der Waals surface area contributed by atoms with Gasteiger partial charge in [-0.05, 0) is 37.1 Å². The quantitative estimate of drug-likeness (QED) is 0.835. The lowest BCUT2D eigenvalue weighted by Crippen LogP contribution is -2.52. The van der Waals surface area contributed by atoms with Crippen molar-refractivity contribution >= 4 is 0 Å². The van der Waals surface area contributed by atoms with Crippen LogP contribution in [0.2, 0.25) is 0 Å². The molecule has 0 aliphatic rings. The van der Waals surface area contributed by atoms with E-state index in [1.165, 1.54) is 5.56 Å². The molecule has 2 heteroatoms. The molecular formula is C20H31NO. The van der Waals surface area contributed by atoms with Gasteiger partial charge in [0, 0.05) is 16.4 Å². The number of nitrogens with two attached hydrogens (primary N) is 1. The molecule has 0 aromatic heterocycles. The molecule has 1 aromatic carbocycles. The fourth-order valence-electron chi connectivity index (χ4n) is 2.77. The zero-order chi connectivity index (χ0) is 17.0. The Kier molecular flexibility index (Phi) is 5.84. The van der Waals surface area contributed by atoms with Gasteiger partial charge in [0.1, 0.15) is 5.60 Å². The summed E-state index contributed by atoms with van der Waals surface area (Å²) < 4.78 is 0. The highest BCUT2D eigenvalue weighted by Gasteiger charge is 2.48. The van der Waals surface area contributed by atoms with E-state index >= 15 is 0 Å². The van der Waals surface area contributed by atoms with Gasteiger partial charge in [0.2, 0.25) is 0 Å². The Hall–Kier alpha value is -1.30. The maximum atomic E-state index is 11.2. The summed E-state index contributed by atoms with van der Waals surface area (Å²) in [7, 11) is 0. The minimum atomic E-state index is -1.06. The summed E-state index contributed by atoms with van der Waals surface area (Å²) in [5.41, 5.74) is 6.04. The van der Waals surface area contributed by atoms with E-state index in [2.05, 4.69) is 24.0 Å². The molecule has 0 radical (unpaired) electrons. The number of aliphatic hydroxyl groups is 1. The Balaban J connectivity index is 3.15. The van der Waals surface area contributed by atoms with Crippen molar-refractivity contribution in [3.63, 3.8) is 0 Å². The van der Waals surface area contributed by atoms with Crippen LogP contribution in [0, 0.1) is 22.7 Å². The highest BCUT2D eigenvalue weighted by atomic mass is 16.3. The van der Waals surface area contributed by atoms with E-state index in [1.807, 2.05) is 53.7 Å². The van der Waals surface area contributed by atoms with Crippen molar-refractivity contribution in [3.8, 4) is 11.8 Å². The molecule has 0 bridgehead atoms. The Morgan fingerprint density at radius 1 is 1.05 bits per heavy atom. The molecule has 22 heavy (non-hydrogen) atoms. The Morgan fingerprint density at radius 2 is 1.64 bits per heavy atom. The second-order valence-corrected chi connectivity index (χ2v) is 8.05. The largest absolute Gasteiger partial charge is 0.376 e. The molecule has 2 nitrogen and oxygen atoms in total. The highest BCUT2D eigenvalue weighted by molar-refractivity contribution is 5.40. The van der Waals surface area contributed by atoms with Gasteiger partial charge in [0.05, 0.1) is 0 Å². The van der Waals surface area contributed by atoms with Gasteiger partial charge in [-0.1, -0.05) is 65.5 Å². The maximum absolute atomic E-state index is 11.2. The van der Waals surface area contributed by atoms with Crippen LogP contribution in [0.25, 0.3) is 0 Å². The van der Waals surface area contributed by atoms with Crippen LogP contribution in [0.4, 0.5) is 0 Å². The molecule has 0 saturated heterocycles. The average Bonchev–Trinajstić information content (AvgIpc) is 2.40. The van der Waals surface area contributed by atoms with Crippen LogP contribution < -0.4 is 5.73 Å². The van der Waals surface area contributed by atoms with Crippen LogP contribution >= 0.6 is 0 Å². The summed E-state index contributed by atoms with van der Waals surface area (Å²) in [6.07, 6.45) is 1.94. The smallest absolute Gasteiger partial charge is 0.135 e. The molecule has 0 amide bonds. The summed E-state index contributed by atoms with van der Waals surface area (Å²) >= 11 is 0. The molecule has 0 aliphatic heterocycles. The topological polar surface area (TPSA) is 46.2 Å². The molecule has 0 aliphatic carbocycles. The van der Waals surface area contributed by atoms with E-state index in [4.69, 9.17) is 5.73 Å². The van der Waals surface area contributed by atoms with E-state index in [9.17, 15) is 5.11 Å². The highest BCUT2D eigenvalue weighted by Crippen LogP contribution is 2.43. The Morgan fingerprint density at radius 3 is 2.14 bits per heavy atom. The zero-order valence-corrected chi connectivity index (χ0v) is 15.0. The molecule has 1 aromatic rings. The summed E-state index contributed by atoms with van der Waals surface area (Å²) in [6.45, 7) is 12.9. The average molecular weight is 301 g/mol. The van der Waals surface area contributed by atoms with Crippen LogP contribution in [-0.2, 0) is 6.42 Å². The SMILES string of the molecule is CC(C)(C)C(O)(C#Cc1cccc(CCCN)c1)C(C)(C)C. The van der Waals surface area contributed by atoms with E-state index in [1.54, 1.807) is 0 Å². The summed E-state index contributed by atoms with van der Waals surface area (Å²) in [6, 6.07) is 8.20. The van der Waals surface area contributed by atoms with Gasteiger partial charge in [0.15, 0.2) is 0 Å². The fraction of sp³-hybridized carbons (Fsp3) is 0.600. The van der Waals surface area contributed by atoms with Crippen LogP contribution in [0.15, 0.2) is 24.3 Å². The minimum absolute atomic E-state index is 0.324. The van der Waals surface area contributed by atoms with Crippen molar-refractivity contribution in [2.75, 3.05) is 6.54 Å². The molecule has 0 heterocycles. The molecule has 0 fully saturated rings. The number of hydrogen-bond donors (Lipinski definition) is 2. The Labute approximate surface area is 136 Å². The van der Waals surface area contributed by atoms with E-state index in [0.29, 0.717) is 6.54 Å². The molecule has 122 valence electrons. The van der Waals surface area contributed by atoms with Gasteiger partial charge in [-0.2, -0.15) is 0 Å². The predicted molar refractivity (Wildman–Crippen MR) is 94.6 cm³/mol. The number of aryl methyl sites for hydroxylation is 1. The zero-order valence-electron chi connectivity index (χ0n) is 15.0. The Bertz CT molecular complexity index is 536. The van der Waals surface area contributed by atoms with Crippen molar-refractivity contribution < 1.29 is 5.11 Å². The molecule has 1 rings (SSSR count). The molecule has 0 atom stereocenters. The molecule has 0 spiro atoms.